The molecule has 0 radical (unpaired) electrons. The van der Waals surface area contributed by atoms with E-state index in [0.717, 1.165) is 18.5 Å². The van der Waals surface area contributed by atoms with Gasteiger partial charge in [-0.05, 0) is 31.9 Å². The Hall–Kier alpha value is -2.11. The average Bonchev–Trinajstić information content (AvgIpc) is 2.48. The zero-order valence-electron chi connectivity index (χ0n) is 12.9. The van der Waals surface area contributed by atoms with Gasteiger partial charge in [-0.25, -0.2) is 0 Å². The molecule has 0 aliphatic carbocycles. The first kappa shape index (κ1) is 16.9. The monoisotopic (exact) mass is 292 g/mol. The van der Waals surface area contributed by atoms with Gasteiger partial charge < -0.3 is 16.3 Å². The summed E-state index contributed by atoms with van der Waals surface area (Å²) in [5.74, 6) is -0.295. The third-order valence-electron chi connectivity index (χ3n) is 3.56. The van der Waals surface area contributed by atoms with Crippen molar-refractivity contribution in [1.82, 2.24) is 4.98 Å². The molecule has 0 bridgehead atoms. The number of nitrogens with two attached hydrogens (primary N) is 1. The SMILES string of the molecule is CCCC(CCC)(C(=O)Nc1ccc(C)nc1)/C(N)=N/O. The van der Waals surface area contributed by atoms with Crippen LogP contribution in [0.25, 0.3) is 0 Å². The molecule has 1 heterocycles. The zero-order valence-corrected chi connectivity index (χ0v) is 12.9. The molecule has 1 aromatic rings. The van der Waals surface area contributed by atoms with Gasteiger partial charge in [-0.1, -0.05) is 31.8 Å². The van der Waals surface area contributed by atoms with Gasteiger partial charge in [-0.3, -0.25) is 9.78 Å². The predicted octanol–water partition coefficient (Wildman–Crippen LogP) is 2.66. The lowest BCUT2D eigenvalue weighted by Gasteiger charge is -2.30. The van der Waals surface area contributed by atoms with Gasteiger partial charge in [-0.2, -0.15) is 0 Å². The Morgan fingerprint density at radius 2 is 2.00 bits per heavy atom. The van der Waals surface area contributed by atoms with Crippen LogP contribution in [0.4, 0.5) is 5.69 Å². The minimum Gasteiger partial charge on any atom is -0.409 e. The quantitative estimate of drug-likeness (QED) is 0.311. The number of aryl methyl sites for hydroxylation is 1. The van der Waals surface area contributed by atoms with Crippen molar-refractivity contribution in [3.63, 3.8) is 0 Å². The van der Waals surface area contributed by atoms with Gasteiger partial charge in [0.2, 0.25) is 5.91 Å². The Bertz CT molecular complexity index is 491. The molecule has 0 aliphatic heterocycles. The Morgan fingerprint density at radius 1 is 1.38 bits per heavy atom. The summed E-state index contributed by atoms with van der Waals surface area (Å²) in [6.07, 6.45) is 4.18. The van der Waals surface area contributed by atoms with Crippen LogP contribution in [0.1, 0.15) is 45.2 Å². The summed E-state index contributed by atoms with van der Waals surface area (Å²) in [4.78, 5) is 16.8. The molecular formula is C15H24N4O2. The van der Waals surface area contributed by atoms with Crippen molar-refractivity contribution in [3.05, 3.63) is 24.0 Å². The molecular weight excluding hydrogens is 268 g/mol. The molecule has 0 fully saturated rings. The molecule has 0 atom stereocenters. The maximum absolute atomic E-state index is 12.7. The van der Waals surface area contributed by atoms with Crippen molar-refractivity contribution in [1.29, 1.82) is 0 Å². The number of hydrogen-bond donors (Lipinski definition) is 3. The number of hydrogen-bond acceptors (Lipinski definition) is 4. The highest BCUT2D eigenvalue weighted by atomic mass is 16.4. The number of oxime groups is 1. The molecule has 0 saturated heterocycles. The van der Waals surface area contributed by atoms with E-state index in [4.69, 9.17) is 10.9 Å². The fourth-order valence-electron chi connectivity index (χ4n) is 2.47. The Kier molecular flexibility index (Phi) is 6.14. The van der Waals surface area contributed by atoms with Crippen LogP contribution < -0.4 is 11.1 Å². The van der Waals surface area contributed by atoms with E-state index >= 15 is 0 Å². The van der Waals surface area contributed by atoms with Crippen LogP contribution >= 0.6 is 0 Å². The highest BCUT2D eigenvalue weighted by Gasteiger charge is 2.41. The number of aromatic nitrogens is 1. The highest BCUT2D eigenvalue weighted by molar-refractivity contribution is 6.11. The number of carbonyl (C=O) groups is 1. The molecule has 1 aromatic heterocycles. The summed E-state index contributed by atoms with van der Waals surface area (Å²) in [6.45, 7) is 5.81. The molecule has 6 nitrogen and oxygen atoms in total. The summed E-state index contributed by atoms with van der Waals surface area (Å²) in [5, 5.41) is 15.0. The van der Waals surface area contributed by atoms with Crippen LogP contribution in [0.15, 0.2) is 23.5 Å². The molecule has 1 rings (SSSR count). The van der Waals surface area contributed by atoms with Gasteiger partial charge >= 0.3 is 0 Å². The first-order valence-electron chi connectivity index (χ1n) is 7.22. The topological polar surface area (TPSA) is 101 Å². The van der Waals surface area contributed by atoms with Gasteiger partial charge in [0.25, 0.3) is 0 Å². The molecule has 6 heteroatoms. The van der Waals surface area contributed by atoms with Crippen molar-refractivity contribution >= 4 is 17.4 Å². The van der Waals surface area contributed by atoms with Crippen LogP contribution in [-0.4, -0.2) is 21.9 Å². The van der Waals surface area contributed by atoms with Gasteiger partial charge in [0.15, 0.2) is 5.84 Å². The number of nitrogens with zero attached hydrogens (tertiary/aromatic N) is 2. The van der Waals surface area contributed by atoms with Crippen molar-refractivity contribution in [2.75, 3.05) is 5.32 Å². The number of rotatable bonds is 7. The first-order valence-corrected chi connectivity index (χ1v) is 7.22. The van der Waals surface area contributed by atoms with E-state index in [1.54, 1.807) is 12.3 Å². The second-order valence-corrected chi connectivity index (χ2v) is 5.21. The van der Waals surface area contributed by atoms with Crippen LogP contribution in [0.5, 0.6) is 0 Å². The molecule has 21 heavy (non-hydrogen) atoms. The number of nitrogens with one attached hydrogen (secondary N) is 1. The summed E-state index contributed by atoms with van der Waals surface area (Å²) in [6, 6.07) is 3.61. The van der Waals surface area contributed by atoms with Crippen molar-refractivity contribution < 1.29 is 10.0 Å². The second kappa shape index (κ2) is 7.61. The second-order valence-electron chi connectivity index (χ2n) is 5.21. The van der Waals surface area contributed by atoms with Gasteiger partial charge in [-0.15, -0.1) is 0 Å². The average molecular weight is 292 g/mol. The largest absolute Gasteiger partial charge is 0.409 e. The summed E-state index contributed by atoms with van der Waals surface area (Å²) in [7, 11) is 0. The van der Waals surface area contributed by atoms with E-state index in [-0.39, 0.29) is 11.7 Å². The molecule has 0 spiro atoms. The maximum Gasteiger partial charge on any atom is 0.238 e. The fourth-order valence-corrected chi connectivity index (χ4v) is 2.47. The molecule has 4 N–H and O–H groups in total. The van der Waals surface area contributed by atoms with Gasteiger partial charge in [0.05, 0.1) is 11.9 Å². The first-order chi connectivity index (χ1) is 10.00. The zero-order chi connectivity index (χ0) is 15.9. The third kappa shape index (κ3) is 3.93. The van der Waals surface area contributed by atoms with Crippen molar-refractivity contribution in [2.45, 2.75) is 46.5 Å². The maximum atomic E-state index is 12.7. The third-order valence-corrected chi connectivity index (χ3v) is 3.56. The van der Waals surface area contributed by atoms with Crippen LogP contribution in [0, 0.1) is 12.3 Å². The number of anilines is 1. The summed E-state index contributed by atoms with van der Waals surface area (Å²) >= 11 is 0. The number of amides is 1. The van der Waals surface area contributed by atoms with Crippen LogP contribution in [0.3, 0.4) is 0 Å². The normalized spacial score (nSPS) is 12.2. The standard InChI is InChI=1S/C15H24N4O2/c1-4-8-15(9-5-2,13(16)19-21)14(20)18-12-7-6-11(3)17-10-12/h6-7,10,21H,4-5,8-9H2,1-3H3,(H2,16,19)(H,18,20). The van der Waals surface area contributed by atoms with Crippen molar-refractivity contribution in [2.24, 2.45) is 16.3 Å². The van der Waals surface area contributed by atoms with Gasteiger partial charge in [0, 0.05) is 5.69 Å². The lowest BCUT2D eigenvalue weighted by Crippen LogP contribution is -2.47. The van der Waals surface area contributed by atoms with E-state index in [2.05, 4.69) is 15.5 Å². The Labute approximate surface area is 125 Å². The molecule has 0 aliphatic rings. The molecule has 0 aromatic carbocycles. The lowest BCUT2D eigenvalue weighted by atomic mass is 9.77. The van der Waals surface area contributed by atoms with Crippen LogP contribution in [0.2, 0.25) is 0 Å². The molecule has 0 unspecified atom stereocenters. The van der Waals surface area contributed by atoms with E-state index in [1.165, 1.54) is 0 Å². The smallest absolute Gasteiger partial charge is 0.238 e. The number of amidine groups is 1. The Balaban J connectivity index is 3.06. The van der Waals surface area contributed by atoms with Gasteiger partial charge in [0.1, 0.15) is 5.41 Å². The number of carbonyl (C=O) groups excluding carboxylic acids is 1. The number of pyridine rings is 1. The molecule has 116 valence electrons. The highest BCUT2D eigenvalue weighted by Crippen LogP contribution is 2.32. The predicted molar refractivity (Wildman–Crippen MR) is 83.3 cm³/mol. The van der Waals surface area contributed by atoms with E-state index in [0.29, 0.717) is 18.5 Å². The van der Waals surface area contributed by atoms with Crippen molar-refractivity contribution in [3.8, 4) is 0 Å². The van der Waals surface area contributed by atoms with Crippen LogP contribution in [-0.2, 0) is 4.79 Å². The minimum atomic E-state index is -0.983. The molecule has 1 amide bonds. The summed E-state index contributed by atoms with van der Waals surface area (Å²) in [5.41, 5.74) is 6.32. The van der Waals surface area contributed by atoms with E-state index in [9.17, 15) is 4.79 Å². The van der Waals surface area contributed by atoms with E-state index in [1.807, 2.05) is 26.8 Å². The molecule has 0 saturated carbocycles. The lowest BCUT2D eigenvalue weighted by molar-refractivity contribution is -0.123. The fraction of sp³-hybridized carbons (Fsp3) is 0.533. The Morgan fingerprint density at radius 3 is 2.43 bits per heavy atom. The minimum absolute atomic E-state index is 0.0382. The van der Waals surface area contributed by atoms with E-state index < -0.39 is 5.41 Å². The summed E-state index contributed by atoms with van der Waals surface area (Å²) < 4.78 is 0.